The van der Waals surface area contributed by atoms with Crippen LogP contribution >= 0.6 is 0 Å². The van der Waals surface area contributed by atoms with Gasteiger partial charge in [-0.05, 0) is 19.3 Å². The van der Waals surface area contributed by atoms with E-state index < -0.39 is 0 Å². The second-order valence-electron chi connectivity index (χ2n) is 4.09. The van der Waals surface area contributed by atoms with Crippen molar-refractivity contribution in [1.29, 1.82) is 0 Å². The third kappa shape index (κ3) is 4.30. The van der Waals surface area contributed by atoms with Crippen LogP contribution in [0.2, 0.25) is 0 Å². The molecule has 0 fully saturated rings. The van der Waals surface area contributed by atoms with Gasteiger partial charge in [-0.15, -0.1) is 0 Å². The van der Waals surface area contributed by atoms with E-state index in [0.717, 1.165) is 12.8 Å². The molecular formula is C11H23NO. The molecular weight excluding hydrogens is 162 g/mol. The first kappa shape index (κ1) is 12.5. The first-order valence-corrected chi connectivity index (χ1v) is 5.26. The molecule has 13 heavy (non-hydrogen) atoms. The fourth-order valence-electron chi connectivity index (χ4n) is 1.18. The summed E-state index contributed by atoms with van der Waals surface area (Å²) in [6.45, 7) is 8.51. The number of carbonyl (C=O) groups excluding carboxylic acids is 1. The molecule has 0 aliphatic carbocycles. The number of rotatable bonds is 5. The zero-order valence-electron chi connectivity index (χ0n) is 9.63. The Balaban J connectivity index is 3.94. The van der Waals surface area contributed by atoms with Crippen molar-refractivity contribution in [3.63, 3.8) is 0 Å². The molecule has 2 heteroatoms. The highest BCUT2D eigenvalue weighted by Crippen LogP contribution is 2.10. The van der Waals surface area contributed by atoms with E-state index in [-0.39, 0.29) is 5.91 Å². The molecule has 0 spiro atoms. The molecule has 1 amide bonds. The van der Waals surface area contributed by atoms with Crippen LogP contribution in [-0.2, 0) is 4.79 Å². The van der Waals surface area contributed by atoms with E-state index in [0.29, 0.717) is 18.4 Å². The number of unbranched alkanes of at least 4 members (excludes halogenated alkanes) is 1. The van der Waals surface area contributed by atoms with Gasteiger partial charge in [0.25, 0.3) is 0 Å². The second-order valence-corrected chi connectivity index (χ2v) is 4.09. The molecule has 0 heterocycles. The van der Waals surface area contributed by atoms with Gasteiger partial charge in [-0.3, -0.25) is 4.79 Å². The van der Waals surface area contributed by atoms with Gasteiger partial charge in [0.2, 0.25) is 5.91 Å². The summed E-state index contributed by atoms with van der Waals surface area (Å²) in [7, 11) is 1.91. The fourth-order valence-corrected chi connectivity index (χ4v) is 1.18. The summed E-state index contributed by atoms with van der Waals surface area (Å²) in [6.07, 6.45) is 2.80. The predicted molar refractivity (Wildman–Crippen MR) is 56.6 cm³/mol. The maximum absolute atomic E-state index is 11.6. The van der Waals surface area contributed by atoms with Crippen molar-refractivity contribution < 1.29 is 4.79 Å². The largest absolute Gasteiger partial charge is 0.343 e. The van der Waals surface area contributed by atoms with Crippen LogP contribution in [0.1, 0.15) is 47.0 Å². The molecule has 0 aromatic carbocycles. The third-order valence-corrected chi connectivity index (χ3v) is 2.71. The van der Waals surface area contributed by atoms with E-state index in [4.69, 9.17) is 0 Å². The zero-order chi connectivity index (χ0) is 10.4. The summed E-state index contributed by atoms with van der Waals surface area (Å²) in [6, 6.07) is 0.351. The minimum atomic E-state index is 0.281. The van der Waals surface area contributed by atoms with Gasteiger partial charge in [-0.2, -0.15) is 0 Å². The molecule has 0 saturated heterocycles. The van der Waals surface area contributed by atoms with E-state index in [1.165, 1.54) is 0 Å². The number of hydrogen-bond acceptors (Lipinski definition) is 1. The van der Waals surface area contributed by atoms with Gasteiger partial charge in [0.1, 0.15) is 0 Å². The topological polar surface area (TPSA) is 20.3 Å². The van der Waals surface area contributed by atoms with Crippen molar-refractivity contribution in [3.05, 3.63) is 0 Å². The minimum absolute atomic E-state index is 0.281. The lowest BCUT2D eigenvalue weighted by atomic mass is 10.0. The summed E-state index contributed by atoms with van der Waals surface area (Å²) in [5, 5.41) is 0. The molecule has 0 N–H and O–H groups in total. The molecule has 0 aliphatic rings. The molecule has 0 radical (unpaired) electrons. The van der Waals surface area contributed by atoms with Gasteiger partial charge in [0, 0.05) is 19.5 Å². The van der Waals surface area contributed by atoms with Crippen LogP contribution in [0.4, 0.5) is 0 Å². The Labute approximate surface area is 82.3 Å². The van der Waals surface area contributed by atoms with E-state index in [9.17, 15) is 4.79 Å². The van der Waals surface area contributed by atoms with Crippen molar-refractivity contribution >= 4 is 5.91 Å². The van der Waals surface area contributed by atoms with Gasteiger partial charge in [0.05, 0.1) is 0 Å². The molecule has 0 saturated carbocycles. The SMILES string of the molecule is CCCCC(=O)N(C)C(C)C(C)C. The fraction of sp³-hybridized carbons (Fsp3) is 0.909. The molecule has 0 rings (SSSR count). The lowest BCUT2D eigenvalue weighted by Gasteiger charge is -2.28. The lowest BCUT2D eigenvalue weighted by Crippen LogP contribution is -2.38. The Bertz CT molecular complexity index is 154. The summed E-state index contributed by atoms with van der Waals surface area (Å²) < 4.78 is 0. The lowest BCUT2D eigenvalue weighted by molar-refractivity contribution is -0.132. The van der Waals surface area contributed by atoms with E-state index >= 15 is 0 Å². The molecule has 78 valence electrons. The van der Waals surface area contributed by atoms with Gasteiger partial charge in [0.15, 0.2) is 0 Å². The van der Waals surface area contributed by atoms with E-state index in [1.807, 2.05) is 11.9 Å². The van der Waals surface area contributed by atoms with Crippen LogP contribution in [-0.4, -0.2) is 23.9 Å². The van der Waals surface area contributed by atoms with Crippen LogP contribution in [0, 0.1) is 5.92 Å². The predicted octanol–water partition coefficient (Wildman–Crippen LogP) is 2.68. The van der Waals surface area contributed by atoms with Crippen molar-refractivity contribution in [2.45, 2.75) is 53.0 Å². The summed E-state index contributed by atoms with van der Waals surface area (Å²) in [5.41, 5.74) is 0. The molecule has 0 aromatic rings. The van der Waals surface area contributed by atoms with Crippen LogP contribution in [0.5, 0.6) is 0 Å². The van der Waals surface area contributed by atoms with Gasteiger partial charge in [-0.1, -0.05) is 27.2 Å². The smallest absolute Gasteiger partial charge is 0.222 e. The first-order valence-electron chi connectivity index (χ1n) is 5.26. The van der Waals surface area contributed by atoms with Crippen molar-refractivity contribution in [3.8, 4) is 0 Å². The molecule has 0 bridgehead atoms. The Kier molecular flexibility index (Phi) is 5.76. The Morgan fingerprint density at radius 1 is 1.31 bits per heavy atom. The first-order chi connectivity index (χ1) is 6.00. The number of carbonyl (C=O) groups is 1. The number of hydrogen-bond donors (Lipinski definition) is 0. The summed E-state index contributed by atoms with van der Waals surface area (Å²) >= 11 is 0. The Morgan fingerprint density at radius 2 is 1.85 bits per heavy atom. The monoisotopic (exact) mass is 185 g/mol. The molecule has 1 unspecified atom stereocenters. The minimum Gasteiger partial charge on any atom is -0.343 e. The quantitative estimate of drug-likeness (QED) is 0.645. The second kappa shape index (κ2) is 6.01. The van der Waals surface area contributed by atoms with Gasteiger partial charge < -0.3 is 4.90 Å². The van der Waals surface area contributed by atoms with Crippen LogP contribution in [0.15, 0.2) is 0 Å². The third-order valence-electron chi connectivity index (χ3n) is 2.71. The summed E-state index contributed by atoms with van der Waals surface area (Å²) in [5.74, 6) is 0.818. The zero-order valence-corrected chi connectivity index (χ0v) is 9.63. The Hall–Kier alpha value is -0.530. The average Bonchev–Trinajstić information content (AvgIpc) is 2.11. The highest BCUT2D eigenvalue weighted by molar-refractivity contribution is 5.76. The van der Waals surface area contributed by atoms with Gasteiger partial charge in [-0.25, -0.2) is 0 Å². The van der Waals surface area contributed by atoms with Gasteiger partial charge >= 0.3 is 0 Å². The van der Waals surface area contributed by atoms with Crippen molar-refractivity contribution in [2.75, 3.05) is 7.05 Å². The highest BCUT2D eigenvalue weighted by atomic mass is 16.2. The van der Waals surface area contributed by atoms with E-state index in [2.05, 4.69) is 27.7 Å². The van der Waals surface area contributed by atoms with E-state index in [1.54, 1.807) is 0 Å². The van der Waals surface area contributed by atoms with Crippen LogP contribution < -0.4 is 0 Å². The summed E-state index contributed by atoms with van der Waals surface area (Å²) in [4.78, 5) is 13.4. The normalized spacial score (nSPS) is 13.1. The van der Waals surface area contributed by atoms with Crippen LogP contribution in [0.3, 0.4) is 0 Å². The molecule has 2 nitrogen and oxygen atoms in total. The van der Waals surface area contributed by atoms with Crippen LogP contribution in [0.25, 0.3) is 0 Å². The molecule has 1 atom stereocenters. The molecule has 0 aromatic heterocycles. The maximum Gasteiger partial charge on any atom is 0.222 e. The Morgan fingerprint density at radius 3 is 2.23 bits per heavy atom. The van der Waals surface area contributed by atoms with Crippen molar-refractivity contribution in [2.24, 2.45) is 5.92 Å². The number of amides is 1. The maximum atomic E-state index is 11.6. The number of nitrogens with zero attached hydrogens (tertiary/aromatic N) is 1. The standard InChI is InChI=1S/C11H23NO/c1-6-7-8-11(13)12(5)10(4)9(2)3/h9-10H,6-8H2,1-5H3. The highest BCUT2D eigenvalue weighted by Gasteiger charge is 2.17. The van der Waals surface area contributed by atoms with Crippen molar-refractivity contribution in [1.82, 2.24) is 4.90 Å². The average molecular weight is 185 g/mol. The molecule has 0 aliphatic heterocycles.